The topological polar surface area (TPSA) is 38.0 Å². The summed E-state index contributed by atoms with van der Waals surface area (Å²) in [5.41, 5.74) is 5.64. The summed E-state index contributed by atoms with van der Waals surface area (Å²) in [5.74, 6) is 0. The molecule has 0 aliphatic heterocycles. The molecule has 0 saturated heterocycles. The molecule has 0 unspecified atom stereocenters. The summed E-state index contributed by atoms with van der Waals surface area (Å²) < 4.78 is 0. The predicted octanol–water partition coefficient (Wildman–Crippen LogP) is 1.11. The molecule has 0 spiro atoms. The van der Waals surface area contributed by atoms with Gasteiger partial charge in [0.2, 0.25) is 0 Å². The first-order valence-corrected chi connectivity index (χ1v) is 4.07. The highest BCUT2D eigenvalue weighted by atomic mass is 15.0. The molecule has 0 aliphatic carbocycles. The summed E-state index contributed by atoms with van der Waals surface area (Å²) >= 11 is 0. The summed E-state index contributed by atoms with van der Waals surface area (Å²) in [6.45, 7) is 8.28. The fourth-order valence-electron chi connectivity index (χ4n) is 1.12. The average Bonchev–Trinajstić information content (AvgIpc) is 1.84. The van der Waals surface area contributed by atoms with Crippen LogP contribution in [0.1, 0.15) is 33.6 Å². The lowest BCUT2D eigenvalue weighted by Crippen LogP contribution is -2.41. The summed E-state index contributed by atoms with van der Waals surface area (Å²) in [5, 5.41) is 3.38. The van der Waals surface area contributed by atoms with Gasteiger partial charge in [0.15, 0.2) is 0 Å². The van der Waals surface area contributed by atoms with Gasteiger partial charge in [-0.2, -0.15) is 0 Å². The number of nitrogens with two attached hydrogens (primary N) is 1. The van der Waals surface area contributed by atoms with Crippen LogP contribution in [0.25, 0.3) is 0 Å². The van der Waals surface area contributed by atoms with Crippen molar-refractivity contribution < 1.29 is 0 Å². The highest BCUT2D eigenvalue weighted by Crippen LogP contribution is 2.09. The minimum absolute atomic E-state index is 0.272. The van der Waals surface area contributed by atoms with E-state index >= 15 is 0 Å². The Kier molecular flexibility index (Phi) is 4.65. The van der Waals surface area contributed by atoms with Gasteiger partial charge in [0.25, 0.3) is 0 Å². The van der Waals surface area contributed by atoms with Crippen molar-refractivity contribution in [1.82, 2.24) is 5.32 Å². The number of rotatable bonds is 5. The van der Waals surface area contributed by atoms with Gasteiger partial charge in [-0.05, 0) is 20.3 Å². The minimum Gasteiger partial charge on any atom is -0.329 e. The van der Waals surface area contributed by atoms with Crippen molar-refractivity contribution >= 4 is 0 Å². The molecule has 0 bridgehead atoms. The zero-order chi connectivity index (χ0) is 8.04. The van der Waals surface area contributed by atoms with E-state index in [1.165, 1.54) is 12.8 Å². The molecule has 3 N–H and O–H groups in total. The first-order chi connectivity index (χ1) is 4.62. The van der Waals surface area contributed by atoms with E-state index in [1.54, 1.807) is 0 Å². The van der Waals surface area contributed by atoms with Crippen molar-refractivity contribution in [2.75, 3.05) is 13.1 Å². The Balaban J connectivity index is 3.42. The molecule has 0 aromatic carbocycles. The van der Waals surface area contributed by atoms with E-state index in [1.807, 2.05) is 0 Å². The van der Waals surface area contributed by atoms with Gasteiger partial charge in [-0.15, -0.1) is 0 Å². The van der Waals surface area contributed by atoms with E-state index in [-0.39, 0.29) is 5.54 Å². The van der Waals surface area contributed by atoms with E-state index in [0.29, 0.717) is 0 Å². The molecule has 2 heteroatoms. The predicted molar refractivity (Wildman–Crippen MR) is 46.0 cm³/mol. The van der Waals surface area contributed by atoms with E-state index < -0.39 is 0 Å². The van der Waals surface area contributed by atoms with Crippen LogP contribution in [0.2, 0.25) is 0 Å². The fourth-order valence-corrected chi connectivity index (χ4v) is 1.12. The van der Waals surface area contributed by atoms with Crippen LogP contribution in [-0.2, 0) is 0 Å². The molecule has 0 atom stereocenters. The zero-order valence-electron chi connectivity index (χ0n) is 7.41. The first kappa shape index (κ1) is 9.92. The maximum absolute atomic E-state index is 5.37. The van der Waals surface area contributed by atoms with E-state index in [2.05, 4.69) is 26.1 Å². The maximum atomic E-state index is 5.37. The van der Waals surface area contributed by atoms with Gasteiger partial charge in [0, 0.05) is 18.6 Å². The minimum atomic E-state index is 0.272. The van der Waals surface area contributed by atoms with Gasteiger partial charge in [0.1, 0.15) is 0 Å². The SMILES string of the molecule is CCCC(C)(C)NCCN. The summed E-state index contributed by atoms with van der Waals surface area (Å²) in [6, 6.07) is 0. The lowest BCUT2D eigenvalue weighted by Gasteiger charge is -2.25. The van der Waals surface area contributed by atoms with E-state index in [0.717, 1.165) is 13.1 Å². The average molecular weight is 144 g/mol. The molecular weight excluding hydrogens is 124 g/mol. The monoisotopic (exact) mass is 144 g/mol. The van der Waals surface area contributed by atoms with Crippen molar-refractivity contribution in [2.45, 2.75) is 39.2 Å². The maximum Gasteiger partial charge on any atom is 0.0125 e. The standard InChI is InChI=1S/C8H20N2/c1-4-5-8(2,3)10-7-6-9/h10H,4-7,9H2,1-3H3. The van der Waals surface area contributed by atoms with Gasteiger partial charge in [-0.1, -0.05) is 13.3 Å². The normalized spacial score (nSPS) is 12.0. The molecule has 0 aliphatic rings. The van der Waals surface area contributed by atoms with Crippen molar-refractivity contribution in [3.05, 3.63) is 0 Å². The van der Waals surface area contributed by atoms with Gasteiger partial charge in [-0.3, -0.25) is 0 Å². The molecule has 10 heavy (non-hydrogen) atoms. The molecule has 0 saturated carbocycles. The number of nitrogens with one attached hydrogen (secondary N) is 1. The molecule has 0 radical (unpaired) electrons. The number of hydrogen-bond donors (Lipinski definition) is 2. The van der Waals surface area contributed by atoms with Gasteiger partial charge >= 0.3 is 0 Å². The Labute approximate surface area is 64.2 Å². The summed E-state index contributed by atoms with van der Waals surface area (Å²) in [4.78, 5) is 0. The van der Waals surface area contributed by atoms with Crippen LogP contribution in [0, 0.1) is 0 Å². The second-order valence-electron chi connectivity index (χ2n) is 3.35. The van der Waals surface area contributed by atoms with Crippen LogP contribution >= 0.6 is 0 Å². The smallest absolute Gasteiger partial charge is 0.0125 e. The van der Waals surface area contributed by atoms with Crippen LogP contribution in [0.15, 0.2) is 0 Å². The van der Waals surface area contributed by atoms with E-state index in [4.69, 9.17) is 5.73 Å². The second-order valence-corrected chi connectivity index (χ2v) is 3.35. The van der Waals surface area contributed by atoms with Crippen molar-refractivity contribution in [2.24, 2.45) is 5.73 Å². The van der Waals surface area contributed by atoms with E-state index in [9.17, 15) is 0 Å². The second kappa shape index (κ2) is 4.69. The lowest BCUT2D eigenvalue weighted by atomic mass is 9.99. The highest BCUT2D eigenvalue weighted by Gasteiger charge is 2.13. The fraction of sp³-hybridized carbons (Fsp3) is 1.00. The Bertz CT molecular complexity index is 79.3. The first-order valence-electron chi connectivity index (χ1n) is 4.07. The molecule has 0 aromatic heterocycles. The van der Waals surface area contributed by atoms with Crippen molar-refractivity contribution in [1.29, 1.82) is 0 Å². The lowest BCUT2D eigenvalue weighted by molar-refractivity contribution is 0.364. The van der Waals surface area contributed by atoms with Gasteiger partial charge in [-0.25, -0.2) is 0 Å². The number of hydrogen-bond acceptors (Lipinski definition) is 2. The summed E-state index contributed by atoms with van der Waals surface area (Å²) in [6.07, 6.45) is 2.44. The molecule has 2 nitrogen and oxygen atoms in total. The van der Waals surface area contributed by atoms with Crippen LogP contribution in [0.5, 0.6) is 0 Å². The molecule has 0 fully saturated rings. The van der Waals surface area contributed by atoms with Crippen LogP contribution in [0.4, 0.5) is 0 Å². The van der Waals surface area contributed by atoms with Gasteiger partial charge in [0.05, 0.1) is 0 Å². The quantitative estimate of drug-likeness (QED) is 0.606. The molecular formula is C8H20N2. The molecule has 0 amide bonds. The van der Waals surface area contributed by atoms with Crippen LogP contribution in [-0.4, -0.2) is 18.6 Å². The van der Waals surface area contributed by atoms with Crippen molar-refractivity contribution in [3.8, 4) is 0 Å². The largest absolute Gasteiger partial charge is 0.329 e. The molecule has 0 aromatic rings. The molecule has 0 rings (SSSR count). The van der Waals surface area contributed by atoms with Crippen LogP contribution in [0.3, 0.4) is 0 Å². The Hall–Kier alpha value is -0.0800. The Morgan fingerprint density at radius 1 is 1.40 bits per heavy atom. The zero-order valence-corrected chi connectivity index (χ0v) is 7.41. The third-order valence-corrected chi connectivity index (χ3v) is 1.62. The highest BCUT2D eigenvalue weighted by molar-refractivity contribution is 4.76. The van der Waals surface area contributed by atoms with Crippen LogP contribution < -0.4 is 11.1 Å². The Morgan fingerprint density at radius 2 is 2.00 bits per heavy atom. The van der Waals surface area contributed by atoms with Gasteiger partial charge < -0.3 is 11.1 Å². The third kappa shape index (κ3) is 4.77. The molecule has 62 valence electrons. The third-order valence-electron chi connectivity index (χ3n) is 1.62. The molecule has 0 heterocycles. The summed E-state index contributed by atoms with van der Waals surface area (Å²) in [7, 11) is 0. The Morgan fingerprint density at radius 3 is 2.40 bits per heavy atom. The van der Waals surface area contributed by atoms with Crippen molar-refractivity contribution in [3.63, 3.8) is 0 Å².